The summed E-state index contributed by atoms with van der Waals surface area (Å²) in [7, 11) is 0. The van der Waals surface area contributed by atoms with Crippen molar-refractivity contribution >= 4 is 66.5 Å². The van der Waals surface area contributed by atoms with Crippen molar-refractivity contribution in [1.82, 2.24) is 0 Å². The van der Waals surface area contributed by atoms with Crippen molar-refractivity contribution in [1.29, 1.82) is 0 Å². The highest BCUT2D eigenvalue weighted by Gasteiger charge is 2.20. The van der Waals surface area contributed by atoms with E-state index >= 15 is 0 Å². The van der Waals surface area contributed by atoms with Gasteiger partial charge in [-0.25, -0.2) is 13.6 Å². The van der Waals surface area contributed by atoms with Crippen LogP contribution in [0.15, 0.2) is 40.9 Å². The van der Waals surface area contributed by atoms with Crippen LogP contribution in [0.4, 0.5) is 14.5 Å². The predicted octanol–water partition coefficient (Wildman–Crippen LogP) is 5.39. The molecule has 0 aliphatic heterocycles. The van der Waals surface area contributed by atoms with Gasteiger partial charge in [-0.2, -0.15) is 0 Å². The molecule has 0 fully saturated rings. The van der Waals surface area contributed by atoms with Crippen LogP contribution in [0.2, 0.25) is 5.02 Å². The lowest BCUT2D eigenvalue weighted by Gasteiger charge is -2.07. The Kier molecular flexibility index (Phi) is 5.55. The molecule has 3 rings (SSSR count). The molecule has 0 aliphatic carbocycles. The van der Waals surface area contributed by atoms with Gasteiger partial charge >= 0.3 is 5.97 Å². The van der Waals surface area contributed by atoms with E-state index in [1.54, 1.807) is 6.07 Å². The fourth-order valence-corrected chi connectivity index (χ4v) is 3.90. The van der Waals surface area contributed by atoms with E-state index in [1.165, 1.54) is 30.3 Å². The number of carbonyl (C=O) groups is 2. The van der Waals surface area contributed by atoms with Crippen LogP contribution < -0.4 is 5.32 Å². The maximum Gasteiger partial charge on any atom is 0.350 e. The van der Waals surface area contributed by atoms with E-state index in [-0.39, 0.29) is 15.6 Å². The molecule has 0 unspecified atom stereocenters. The zero-order chi connectivity index (χ0) is 18.8. The van der Waals surface area contributed by atoms with Crippen molar-refractivity contribution in [3.05, 3.63) is 62.4 Å². The first kappa shape index (κ1) is 18.8. The van der Waals surface area contributed by atoms with Gasteiger partial charge < -0.3 is 10.1 Å². The highest BCUT2D eigenvalue weighted by molar-refractivity contribution is 9.10. The summed E-state index contributed by atoms with van der Waals surface area (Å²) in [5.41, 5.74) is -0.0374. The number of halogens is 4. The molecule has 1 heterocycles. The number of benzene rings is 2. The minimum atomic E-state index is -0.817. The summed E-state index contributed by atoms with van der Waals surface area (Å²) in [5, 5.41) is 2.96. The second kappa shape index (κ2) is 7.69. The van der Waals surface area contributed by atoms with Gasteiger partial charge in [0, 0.05) is 14.6 Å². The van der Waals surface area contributed by atoms with E-state index in [2.05, 4.69) is 21.2 Å². The lowest BCUT2D eigenvalue weighted by molar-refractivity contribution is -0.119. The Morgan fingerprint density at radius 1 is 1.19 bits per heavy atom. The molecule has 1 aromatic heterocycles. The SMILES string of the molecule is O=C(COC(=O)c1sc2cc(F)ccc2c1Cl)Nc1ccc(Br)cc1F. The number of hydrogen-bond acceptors (Lipinski definition) is 4. The Hall–Kier alpha value is -2.03. The van der Waals surface area contributed by atoms with Gasteiger partial charge in [-0.3, -0.25) is 4.79 Å². The molecule has 2 aromatic carbocycles. The maximum absolute atomic E-state index is 13.7. The minimum Gasteiger partial charge on any atom is -0.451 e. The number of thiophene rings is 1. The molecule has 0 aliphatic rings. The lowest BCUT2D eigenvalue weighted by atomic mass is 10.2. The van der Waals surface area contributed by atoms with Gasteiger partial charge in [0.15, 0.2) is 6.61 Å². The number of amides is 1. The largest absolute Gasteiger partial charge is 0.451 e. The number of carbonyl (C=O) groups excluding carboxylic acids is 2. The van der Waals surface area contributed by atoms with Crippen LogP contribution in [-0.4, -0.2) is 18.5 Å². The van der Waals surface area contributed by atoms with Crippen LogP contribution in [0.1, 0.15) is 9.67 Å². The summed E-state index contributed by atoms with van der Waals surface area (Å²) in [4.78, 5) is 24.0. The molecule has 1 N–H and O–H groups in total. The molecule has 26 heavy (non-hydrogen) atoms. The van der Waals surface area contributed by atoms with E-state index in [1.807, 2.05) is 0 Å². The molecule has 0 radical (unpaired) electrons. The molecule has 0 atom stereocenters. The van der Waals surface area contributed by atoms with E-state index in [9.17, 15) is 18.4 Å². The number of rotatable bonds is 4. The molecule has 0 saturated heterocycles. The summed E-state index contributed by atoms with van der Waals surface area (Å²) >= 11 is 10.2. The third-order valence-corrected chi connectivity index (χ3v) is 5.45. The summed E-state index contributed by atoms with van der Waals surface area (Å²) in [6, 6.07) is 8.07. The van der Waals surface area contributed by atoms with Crippen LogP contribution in [-0.2, 0) is 9.53 Å². The molecule has 134 valence electrons. The quantitative estimate of drug-likeness (QED) is 0.531. The van der Waals surface area contributed by atoms with Crippen molar-refractivity contribution < 1.29 is 23.1 Å². The lowest BCUT2D eigenvalue weighted by Crippen LogP contribution is -2.21. The summed E-state index contributed by atoms with van der Waals surface area (Å²) in [6.45, 7) is -0.618. The summed E-state index contributed by atoms with van der Waals surface area (Å²) in [5.74, 6) is -2.61. The first-order chi connectivity index (χ1) is 12.3. The Morgan fingerprint density at radius 3 is 2.69 bits per heavy atom. The number of esters is 1. The van der Waals surface area contributed by atoms with Crippen molar-refractivity contribution in [2.75, 3.05) is 11.9 Å². The maximum atomic E-state index is 13.7. The average molecular weight is 461 g/mol. The van der Waals surface area contributed by atoms with Gasteiger partial charge in [0.2, 0.25) is 0 Å². The molecule has 0 bridgehead atoms. The van der Waals surface area contributed by atoms with Gasteiger partial charge in [0.1, 0.15) is 16.5 Å². The van der Waals surface area contributed by atoms with Gasteiger partial charge in [-0.05, 0) is 36.4 Å². The zero-order valence-electron chi connectivity index (χ0n) is 12.8. The second-order valence-corrected chi connectivity index (χ2v) is 7.48. The number of hydrogen-bond donors (Lipinski definition) is 1. The third-order valence-electron chi connectivity index (χ3n) is 3.32. The zero-order valence-corrected chi connectivity index (χ0v) is 16.0. The standard InChI is InChI=1S/C17H9BrClF2NO3S/c18-8-1-4-12(11(21)5-8)22-14(23)7-25-17(24)16-15(19)10-3-2-9(20)6-13(10)26-16/h1-6H,7H2,(H,22,23). The van der Waals surface area contributed by atoms with Crippen LogP contribution >= 0.6 is 38.9 Å². The normalized spacial score (nSPS) is 10.8. The topological polar surface area (TPSA) is 55.4 Å². The van der Waals surface area contributed by atoms with E-state index in [0.717, 1.165) is 11.3 Å². The van der Waals surface area contributed by atoms with Crippen LogP contribution in [0.3, 0.4) is 0 Å². The Bertz CT molecular complexity index is 1020. The number of ether oxygens (including phenoxy) is 1. The summed E-state index contributed by atoms with van der Waals surface area (Å²) in [6.07, 6.45) is 0. The monoisotopic (exact) mass is 459 g/mol. The highest BCUT2D eigenvalue weighted by Crippen LogP contribution is 2.36. The third kappa shape index (κ3) is 4.03. The van der Waals surface area contributed by atoms with Gasteiger partial charge in [-0.1, -0.05) is 27.5 Å². The summed E-state index contributed by atoms with van der Waals surface area (Å²) < 4.78 is 32.9. The molecule has 4 nitrogen and oxygen atoms in total. The second-order valence-electron chi connectivity index (χ2n) is 5.13. The Morgan fingerprint density at radius 2 is 1.96 bits per heavy atom. The molecule has 1 amide bonds. The first-order valence-electron chi connectivity index (χ1n) is 7.14. The molecule has 0 spiro atoms. The van der Waals surface area contributed by atoms with E-state index < -0.39 is 30.1 Å². The fourth-order valence-electron chi connectivity index (χ4n) is 2.14. The van der Waals surface area contributed by atoms with Crippen molar-refractivity contribution in [3.63, 3.8) is 0 Å². The van der Waals surface area contributed by atoms with Gasteiger partial charge in [0.05, 0.1) is 10.7 Å². The predicted molar refractivity (Wildman–Crippen MR) is 99.8 cm³/mol. The molecular weight excluding hydrogens is 452 g/mol. The van der Waals surface area contributed by atoms with E-state index in [0.29, 0.717) is 14.6 Å². The number of anilines is 1. The molecule has 3 aromatic rings. The Balaban J connectivity index is 1.67. The fraction of sp³-hybridized carbons (Fsp3) is 0.0588. The van der Waals surface area contributed by atoms with Gasteiger partial charge in [-0.15, -0.1) is 11.3 Å². The van der Waals surface area contributed by atoms with Crippen LogP contribution in [0, 0.1) is 11.6 Å². The first-order valence-corrected chi connectivity index (χ1v) is 9.13. The number of fused-ring (bicyclic) bond motifs is 1. The molecule has 0 saturated carbocycles. The van der Waals surface area contributed by atoms with Crippen LogP contribution in [0.5, 0.6) is 0 Å². The highest BCUT2D eigenvalue weighted by atomic mass is 79.9. The van der Waals surface area contributed by atoms with E-state index in [4.69, 9.17) is 16.3 Å². The number of nitrogens with one attached hydrogen (secondary N) is 1. The minimum absolute atomic E-state index is 0.0374. The average Bonchev–Trinajstić information content (AvgIpc) is 2.91. The van der Waals surface area contributed by atoms with Gasteiger partial charge in [0.25, 0.3) is 5.91 Å². The molecular formula is C17H9BrClF2NO3S. The van der Waals surface area contributed by atoms with Crippen molar-refractivity contribution in [2.24, 2.45) is 0 Å². The van der Waals surface area contributed by atoms with Crippen LogP contribution in [0.25, 0.3) is 10.1 Å². The van der Waals surface area contributed by atoms with Crippen molar-refractivity contribution in [2.45, 2.75) is 0 Å². The smallest absolute Gasteiger partial charge is 0.350 e. The molecule has 9 heteroatoms. The Labute approximate surface area is 163 Å². The van der Waals surface area contributed by atoms with Crippen molar-refractivity contribution in [3.8, 4) is 0 Å².